The zero-order valence-corrected chi connectivity index (χ0v) is 18.3. The Morgan fingerprint density at radius 2 is 1.97 bits per heavy atom. The van der Waals surface area contributed by atoms with Crippen molar-refractivity contribution in [1.29, 1.82) is 5.26 Å². The maximum Gasteiger partial charge on any atom is 0.304 e. The molecule has 33 heavy (non-hydrogen) atoms. The van der Waals surface area contributed by atoms with Crippen molar-refractivity contribution in [2.24, 2.45) is 0 Å². The van der Waals surface area contributed by atoms with E-state index < -0.39 is 5.97 Å². The monoisotopic (exact) mass is 443 g/mol. The summed E-state index contributed by atoms with van der Waals surface area (Å²) in [5.74, 6) is -0.329. The van der Waals surface area contributed by atoms with E-state index in [1.54, 1.807) is 19.2 Å². The summed E-state index contributed by atoms with van der Waals surface area (Å²) in [6, 6.07) is 23.2. The van der Waals surface area contributed by atoms with E-state index >= 15 is 0 Å². The van der Waals surface area contributed by atoms with Gasteiger partial charge in [-0.3, -0.25) is 4.79 Å². The number of nitrogens with one attached hydrogen (secondary N) is 1. The number of nitriles is 1. The third kappa shape index (κ3) is 5.08. The molecule has 168 valence electrons. The van der Waals surface area contributed by atoms with Gasteiger partial charge in [-0.1, -0.05) is 18.2 Å². The van der Waals surface area contributed by atoms with Crippen LogP contribution in [0.5, 0.6) is 5.75 Å². The molecule has 0 unspecified atom stereocenters. The van der Waals surface area contributed by atoms with E-state index in [9.17, 15) is 9.90 Å². The number of ether oxygens (including phenoxy) is 2. The molecular formula is C26H25N3O4. The second-order valence-corrected chi connectivity index (χ2v) is 7.81. The molecule has 4 rings (SSSR count). The van der Waals surface area contributed by atoms with E-state index in [0.717, 1.165) is 34.1 Å². The van der Waals surface area contributed by atoms with Crippen LogP contribution in [0.3, 0.4) is 0 Å². The number of hydrogen-bond acceptors (Lipinski definition) is 6. The van der Waals surface area contributed by atoms with Crippen LogP contribution in [-0.4, -0.2) is 37.9 Å². The number of para-hydroxylation sites is 2. The first-order chi connectivity index (χ1) is 16.1. The number of benzene rings is 3. The summed E-state index contributed by atoms with van der Waals surface area (Å²) in [4.78, 5) is 13.6. The number of rotatable bonds is 8. The number of carboxylic acid groups (broad SMARTS) is 1. The third-order valence-corrected chi connectivity index (χ3v) is 5.59. The van der Waals surface area contributed by atoms with Crippen LogP contribution in [0.1, 0.15) is 23.5 Å². The molecule has 1 aliphatic heterocycles. The van der Waals surface area contributed by atoms with Crippen molar-refractivity contribution in [2.45, 2.75) is 12.3 Å². The third-order valence-electron chi connectivity index (χ3n) is 5.59. The Labute approximate surface area is 192 Å². The van der Waals surface area contributed by atoms with Crippen LogP contribution in [0.2, 0.25) is 0 Å². The number of methoxy groups -OCH3 is 1. The van der Waals surface area contributed by atoms with Crippen LogP contribution in [-0.2, 0) is 9.53 Å². The number of hydrogen-bond donors (Lipinski definition) is 2. The molecule has 7 heteroatoms. The zero-order valence-electron chi connectivity index (χ0n) is 18.3. The summed E-state index contributed by atoms with van der Waals surface area (Å²) >= 11 is 0. The van der Waals surface area contributed by atoms with Gasteiger partial charge in [0.25, 0.3) is 0 Å². The highest BCUT2D eigenvalue weighted by molar-refractivity contribution is 5.83. The van der Waals surface area contributed by atoms with E-state index in [-0.39, 0.29) is 12.3 Å². The van der Waals surface area contributed by atoms with Crippen LogP contribution < -0.4 is 15.0 Å². The van der Waals surface area contributed by atoms with Gasteiger partial charge in [0.05, 0.1) is 48.3 Å². The van der Waals surface area contributed by atoms with Crippen LogP contribution in [0.4, 0.5) is 22.7 Å². The van der Waals surface area contributed by atoms with Crippen molar-refractivity contribution in [3.8, 4) is 11.8 Å². The van der Waals surface area contributed by atoms with Gasteiger partial charge >= 0.3 is 5.97 Å². The van der Waals surface area contributed by atoms with Gasteiger partial charge in [-0.2, -0.15) is 5.26 Å². The minimum absolute atomic E-state index is 0.0239. The minimum atomic E-state index is -0.871. The van der Waals surface area contributed by atoms with Crippen LogP contribution in [0, 0.1) is 11.3 Å². The van der Waals surface area contributed by atoms with Gasteiger partial charge in [0, 0.05) is 18.7 Å². The molecule has 0 aromatic heterocycles. The van der Waals surface area contributed by atoms with Gasteiger partial charge in [0.1, 0.15) is 12.4 Å². The van der Waals surface area contributed by atoms with Gasteiger partial charge in [0.15, 0.2) is 0 Å². The maximum absolute atomic E-state index is 11.4. The molecule has 0 aliphatic carbocycles. The molecule has 0 saturated heterocycles. The van der Waals surface area contributed by atoms with Gasteiger partial charge in [-0.05, 0) is 54.1 Å². The molecule has 3 aromatic carbocycles. The van der Waals surface area contributed by atoms with Gasteiger partial charge in [-0.25, -0.2) is 0 Å². The molecule has 0 bridgehead atoms. The average Bonchev–Trinajstić information content (AvgIpc) is 2.84. The Morgan fingerprint density at radius 3 is 2.70 bits per heavy atom. The number of anilines is 4. The highest BCUT2D eigenvalue weighted by Crippen LogP contribution is 2.41. The zero-order chi connectivity index (χ0) is 23.2. The predicted octanol–water partition coefficient (Wildman–Crippen LogP) is 5.04. The van der Waals surface area contributed by atoms with Crippen LogP contribution in [0.15, 0.2) is 66.7 Å². The smallest absolute Gasteiger partial charge is 0.304 e. The fourth-order valence-electron chi connectivity index (χ4n) is 4.03. The first kappa shape index (κ1) is 22.2. The predicted molar refractivity (Wildman–Crippen MR) is 127 cm³/mol. The van der Waals surface area contributed by atoms with Crippen molar-refractivity contribution >= 4 is 28.7 Å². The quantitative estimate of drug-likeness (QED) is 0.504. The molecule has 0 fully saturated rings. The summed E-state index contributed by atoms with van der Waals surface area (Å²) in [5, 5.41) is 21.9. The Hall–Kier alpha value is -4.02. The van der Waals surface area contributed by atoms with Crippen LogP contribution >= 0.6 is 0 Å². The molecule has 1 heterocycles. The second kappa shape index (κ2) is 10.1. The van der Waals surface area contributed by atoms with Gasteiger partial charge in [-0.15, -0.1) is 0 Å². The van der Waals surface area contributed by atoms with Gasteiger partial charge < -0.3 is 24.8 Å². The Balaban J connectivity index is 1.77. The Kier molecular flexibility index (Phi) is 6.77. The topological polar surface area (TPSA) is 94.8 Å². The van der Waals surface area contributed by atoms with Crippen molar-refractivity contribution in [3.63, 3.8) is 0 Å². The molecule has 0 amide bonds. The number of fused-ring (bicyclic) bond motifs is 1. The first-order valence-electron chi connectivity index (χ1n) is 10.7. The molecule has 1 atom stereocenters. The lowest BCUT2D eigenvalue weighted by molar-refractivity contribution is -0.137. The number of nitrogens with zero attached hydrogens (tertiary/aromatic N) is 2. The van der Waals surface area contributed by atoms with Crippen LogP contribution in [0.25, 0.3) is 0 Å². The molecule has 0 spiro atoms. The van der Waals surface area contributed by atoms with E-state index in [1.165, 1.54) is 0 Å². The molecule has 0 saturated carbocycles. The fraction of sp³-hybridized carbons (Fsp3) is 0.231. The SMILES string of the molecule is COC[C@H](CC(=O)O)c1ccc(N2CCOc3ccccc32)c(Nc2ccc(C#N)cc2)c1. The molecular weight excluding hydrogens is 418 g/mol. The molecule has 0 radical (unpaired) electrons. The van der Waals surface area contributed by atoms with Crippen molar-refractivity contribution in [1.82, 2.24) is 0 Å². The maximum atomic E-state index is 11.4. The number of aliphatic carboxylic acids is 1. The standard InChI is InChI=1S/C26H25N3O4/c1-32-17-20(15-26(30)31)19-8-11-23(29-12-13-33-25-5-3-2-4-24(25)29)22(14-19)28-21-9-6-18(16-27)7-10-21/h2-11,14,20,28H,12-13,15,17H2,1H3,(H,30,31)/t20-/m0/s1. The van der Waals surface area contributed by atoms with Gasteiger partial charge in [0.2, 0.25) is 0 Å². The summed E-state index contributed by atoms with van der Waals surface area (Å²) < 4.78 is 11.1. The lowest BCUT2D eigenvalue weighted by atomic mass is 9.95. The first-order valence-corrected chi connectivity index (χ1v) is 10.7. The normalized spacial score (nSPS) is 13.4. The summed E-state index contributed by atoms with van der Waals surface area (Å²) in [6.07, 6.45) is -0.0239. The van der Waals surface area contributed by atoms with Crippen molar-refractivity contribution in [2.75, 3.05) is 37.1 Å². The highest BCUT2D eigenvalue weighted by Gasteiger charge is 2.23. The highest BCUT2D eigenvalue weighted by atomic mass is 16.5. The summed E-state index contributed by atoms with van der Waals surface area (Å²) in [6.45, 7) is 1.54. The molecule has 1 aliphatic rings. The summed E-state index contributed by atoms with van der Waals surface area (Å²) in [5.41, 5.74) is 5.04. The minimum Gasteiger partial charge on any atom is -0.490 e. The van der Waals surface area contributed by atoms with E-state index in [2.05, 4.69) is 16.3 Å². The van der Waals surface area contributed by atoms with Crippen molar-refractivity contribution in [3.05, 3.63) is 77.9 Å². The molecule has 3 aromatic rings. The second-order valence-electron chi connectivity index (χ2n) is 7.81. The van der Waals surface area contributed by atoms with E-state index in [1.807, 2.05) is 54.6 Å². The lowest BCUT2D eigenvalue weighted by Gasteiger charge is -2.33. The average molecular weight is 444 g/mol. The van der Waals surface area contributed by atoms with E-state index in [4.69, 9.17) is 14.7 Å². The Morgan fingerprint density at radius 1 is 1.18 bits per heavy atom. The number of carbonyl (C=O) groups is 1. The van der Waals surface area contributed by atoms with E-state index in [0.29, 0.717) is 25.3 Å². The molecule has 7 nitrogen and oxygen atoms in total. The molecule has 2 N–H and O–H groups in total. The van der Waals surface area contributed by atoms with Crippen molar-refractivity contribution < 1.29 is 19.4 Å². The Bertz CT molecular complexity index is 1170. The largest absolute Gasteiger partial charge is 0.490 e. The summed E-state index contributed by atoms with van der Waals surface area (Å²) in [7, 11) is 1.57. The fourth-order valence-corrected chi connectivity index (χ4v) is 4.03. The lowest BCUT2D eigenvalue weighted by Crippen LogP contribution is -2.29. The number of carboxylic acids is 1.